The molecule has 0 spiro atoms. The highest BCUT2D eigenvalue weighted by Crippen LogP contribution is 2.25. The number of nitrogens with zero attached hydrogens (tertiary/aromatic N) is 5. The number of piperazine rings is 1. The van der Waals surface area contributed by atoms with Crippen LogP contribution in [0.3, 0.4) is 0 Å². The first-order valence-corrected chi connectivity index (χ1v) is 10.1. The summed E-state index contributed by atoms with van der Waals surface area (Å²) in [5, 5.41) is 3.40. The van der Waals surface area contributed by atoms with E-state index in [1.54, 1.807) is 0 Å². The minimum absolute atomic E-state index is 0.151. The highest BCUT2D eigenvalue weighted by molar-refractivity contribution is 5.58. The van der Waals surface area contributed by atoms with Crippen molar-refractivity contribution in [3.05, 3.63) is 66.5 Å². The zero-order chi connectivity index (χ0) is 20.3. The molecule has 1 aliphatic rings. The predicted octanol–water partition coefficient (Wildman–Crippen LogP) is 4.24. The zero-order valence-corrected chi connectivity index (χ0v) is 17.3. The van der Waals surface area contributed by atoms with Crippen LogP contribution in [-0.2, 0) is 5.41 Å². The fraction of sp³-hybridized carbons (Fsp3) is 0.348. The van der Waals surface area contributed by atoms with Gasteiger partial charge in [-0.2, -0.15) is 4.98 Å². The van der Waals surface area contributed by atoms with Crippen molar-refractivity contribution in [2.75, 3.05) is 41.3 Å². The molecule has 29 heavy (non-hydrogen) atoms. The molecule has 0 bridgehead atoms. The van der Waals surface area contributed by atoms with Crippen molar-refractivity contribution in [2.24, 2.45) is 0 Å². The summed E-state index contributed by atoms with van der Waals surface area (Å²) in [5.41, 5.74) is 2.50. The third-order valence-corrected chi connectivity index (χ3v) is 5.20. The van der Waals surface area contributed by atoms with Gasteiger partial charge in [0.15, 0.2) is 0 Å². The van der Waals surface area contributed by atoms with Crippen molar-refractivity contribution in [1.82, 2.24) is 15.0 Å². The van der Waals surface area contributed by atoms with E-state index in [0.717, 1.165) is 49.5 Å². The molecule has 0 aliphatic carbocycles. The lowest BCUT2D eigenvalue weighted by Gasteiger charge is -2.35. The smallest absolute Gasteiger partial charge is 0.227 e. The molecular weight excluding hydrogens is 360 g/mol. The molecule has 0 unspecified atom stereocenters. The molecule has 4 rings (SSSR count). The van der Waals surface area contributed by atoms with Gasteiger partial charge in [-0.3, -0.25) is 0 Å². The number of hydrogen-bond acceptors (Lipinski definition) is 6. The largest absolute Gasteiger partial charge is 0.353 e. The monoisotopic (exact) mass is 388 g/mol. The van der Waals surface area contributed by atoms with E-state index < -0.39 is 0 Å². The molecule has 3 aromatic rings. The molecule has 0 radical (unpaired) electrons. The van der Waals surface area contributed by atoms with Gasteiger partial charge in [-0.15, -0.1) is 0 Å². The van der Waals surface area contributed by atoms with Gasteiger partial charge in [0, 0.05) is 44.3 Å². The lowest BCUT2D eigenvalue weighted by atomic mass is 9.87. The van der Waals surface area contributed by atoms with Crippen molar-refractivity contribution in [1.29, 1.82) is 0 Å². The van der Waals surface area contributed by atoms with Crippen LogP contribution < -0.4 is 15.1 Å². The van der Waals surface area contributed by atoms with E-state index in [1.165, 1.54) is 5.56 Å². The van der Waals surface area contributed by atoms with Gasteiger partial charge in [0.25, 0.3) is 0 Å². The highest BCUT2D eigenvalue weighted by atomic mass is 15.3. The summed E-state index contributed by atoms with van der Waals surface area (Å²) in [6.07, 6.45) is 3.66. The lowest BCUT2D eigenvalue weighted by Crippen LogP contribution is -2.47. The van der Waals surface area contributed by atoms with E-state index in [-0.39, 0.29) is 5.41 Å². The predicted molar refractivity (Wildman–Crippen MR) is 119 cm³/mol. The molecule has 1 fully saturated rings. The molecule has 0 atom stereocenters. The fourth-order valence-electron chi connectivity index (χ4n) is 3.45. The van der Waals surface area contributed by atoms with Crippen molar-refractivity contribution < 1.29 is 0 Å². The highest BCUT2D eigenvalue weighted by Gasteiger charge is 2.20. The summed E-state index contributed by atoms with van der Waals surface area (Å²) < 4.78 is 0. The number of pyridine rings is 1. The first kappa shape index (κ1) is 19.2. The van der Waals surface area contributed by atoms with Gasteiger partial charge >= 0.3 is 0 Å². The normalized spacial score (nSPS) is 14.7. The molecule has 1 aliphatic heterocycles. The molecular formula is C23H28N6. The summed E-state index contributed by atoms with van der Waals surface area (Å²) in [6.45, 7) is 10.2. The number of aromatic nitrogens is 3. The molecule has 1 aromatic carbocycles. The number of rotatable bonds is 4. The van der Waals surface area contributed by atoms with Gasteiger partial charge in [0.05, 0.1) is 0 Å². The van der Waals surface area contributed by atoms with Gasteiger partial charge in [0.1, 0.15) is 11.6 Å². The maximum Gasteiger partial charge on any atom is 0.227 e. The average Bonchev–Trinajstić information content (AvgIpc) is 2.74. The van der Waals surface area contributed by atoms with Crippen molar-refractivity contribution in [3.63, 3.8) is 0 Å². The Morgan fingerprint density at radius 3 is 2.17 bits per heavy atom. The number of hydrogen-bond donors (Lipinski definition) is 1. The Hall–Kier alpha value is -3.15. The maximum atomic E-state index is 4.73. The van der Waals surface area contributed by atoms with Crippen LogP contribution >= 0.6 is 0 Å². The first-order chi connectivity index (χ1) is 14.0. The van der Waals surface area contributed by atoms with Crippen LogP contribution in [0.15, 0.2) is 60.9 Å². The van der Waals surface area contributed by atoms with E-state index in [1.807, 2.05) is 30.6 Å². The van der Waals surface area contributed by atoms with Crippen LogP contribution in [0.5, 0.6) is 0 Å². The summed E-state index contributed by atoms with van der Waals surface area (Å²) in [6, 6.07) is 16.5. The third-order valence-electron chi connectivity index (χ3n) is 5.20. The molecule has 6 nitrogen and oxygen atoms in total. The number of nitrogens with one attached hydrogen (secondary N) is 1. The molecule has 3 heterocycles. The Bertz CT molecular complexity index is 926. The molecule has 6 heteroatoms. The van der Waals surface area contributed by atoms with Gasteiger partial charge < -0.3 is 15.1 Å². The van der Waals surface area contributed by atoms with Gasteiger partial charge in [-0.1, -0.05) is 39.0 Å². The zero-order valence-electron chi connectivity index (χ0n) is 17.3. The Labute approximate surface area is 172 Å². The van der Waals surface area contributed by atoms with Gasteiger partial charge in [0.2, 0.25) is 5.95 Å². The summed E-state index contributed by atoms with van der Waals surface area (Å²) >= 11 is 0. The second-order valence-corrected chi connectivity index (χ2v) is 8.36. The Kier molecular flexibility index (Phi) is 5.34. The fourth-order valence-corrected chi connectivity index (χ4v) is 3.45. The average molecular weight is 389 g/mol. The molecule has 150 valence electrons. The van der Waals surface area contributed by atoms with Crippen LogP contribution in [-0.4, -0.2) is 41.1 Å². The first-order valence-electron chi connectivity index (χ1n) is 10.1. The number of anilines is 4. The van der Waals surface area contributed by atoms with E-state index in [9.17, 15) is 0 Å². The molecule has 1 saturated heterocycles. The summed E-state index contributed by atoms with van der Waals surface area (Å²) in [7, 11) is 0. The van der Waals surface area contributed by atoms with Crippen molar-refractivity contribution >= 4 is 23.3 Å². The van der Waals surface area contributed by atoms with Gasteiger partial charge in [-0.25, -0.2) is 9.97 Å². The molecule has 1 N–H and O–H groups in total. The summed E-state index contributed by atoms with van der Waals surface area (Å²) in [5.74, 6) is 2.61. The molecule has 2 aromatic heterocycles. The van der Waals surface area contributed by atoms with Crippen LogP contribution in [0.1, 0.15) is 26.3 Å². The SMILES string of the molecule is CC(C)(C)c1ccc(Nc2ccnc(N3CCN(c4ccccn4)CC3)n2)cc1. The van der Waals surface area contributed by atoms with Crippen LogP contribution in [0.25, 0.3) is 0 Å². The van der Waals surface area contributed by atoms with Crippen LogP contribution in [0.2, 0.25) is 0 Å². The molecule has 0 amide bonds. The van der Waals surface area contributed by atoms with E-state index in [4.69, 9.17) is 4.98 Å². The quantitative estimate of drug-likeness (QED) is 0.721. The Balaban J connectivity index is 1.40. The maximum absolute atomic E-state index is 4.73. The topological polar surface area (TPSA) is 57.2 Å². The Morgan fingerprint density at radius 2 is 1.52 bits per heavy atom. The minimum atomic E-state index is 0.151. The van der Waals surface area contributed by atoms with Crippen molar-refractivity contribution in [2.45, 2.75) is 26.2 Å². The summed E-state index contributed by atoms with van der Waals surface area (Å²) in [4.78, 5) is 18.2. The van der Waals surface area contributed by atoms with Crippen molar-refractivity contribution in [3.8, 4) is 0 Å². The molecule has 0 saturated carbocycles. The number of benzene rings is 1. The van der Waals surface area contributed by atoms with E-state index >= 15 is 0 Å². The van der Waals surface area contributed by atoms with Crippen LogP contribution in [0.4, 0.5) is 23.3 Å². The van der Waals surface area contributed by atoms with Gasteiger partial charge in [-0.05, 0) is 41.3 Å². The second kappa shape index (κ2) is 8.07. The minimum Gasteiger partial charge on any atom is -0.353 e. The third kappa shape index (κ3) is 4.65. The Morgan fingerprint density at radius 1 is 0.793 bits per heavy atom. The standard InChI is InChI=1S/C23H28N6/c1-23(2,3)18-7-9-19(10-8-18)26-20-11-13-25-22(27-20)29-16-14-28(15-17-29)21-6-4-5-12-24-21/h4-13H,14-17H2,1-3H3,(H,25,26,27). The van der Waals surface area contributed by atoms with Crippen LogP contribution in [0, 0.1) is 0 Å². The lowest BCUT2D eigenvalue weighted by molar-refractivity contribution is 0.590. The van der Waals surface area contributed by atoms with E-state index in [2.05, 4.69) is 76.2 Å². The second-order valence-electron chi connectivity index (χ2n) is 8.36. The van der Waals surface area contributed by atoms with E-state index in [0.29, 0.717) is 0 Å².